The van der Waals surface area contributed by atoms with Crippen LogP contribution in [0.2, 0.25) is 0 Å². The summed E-state index contributed by atoms with van der Waals surface area (Å²) < 4.78 is 19.6. The van der Waals surface area contributed by atoms with Gasteiger partial charge in [-0.25, -0.2) is 4.39 Å². The van der Waals surface area contributed by atoms with Crippen molar-refractivity contribution in [2.75, 3.05) is 20.7 Å². The number of rotatable bonds is 3. The number of methoxy groups -OCH3 is 1. The summed E-state index contributed by atoms with van der Waals surface area (Å²) in [4.78, 5) is 2.33. The first-order chi connectivity index (χ1) is 10.8. The molecule has 1 aromatic carbocycles. The molecule has 0 amide bonds. The Bertz CT molecular complexity index is 601. The van der Waals surface area contributed by atoms with Crippen molar-refractivity contribution in [2.24, 2.45) is 5.41 Å². The molecule has 0 bridgehead atoms. The van der Waals surface area contributed by atoms with Crippen LogP contribution in [0.3, 0.4) is 0 Å². The summed E-state index contributed by atoms with van der Waals surface area (Å²) in [5, 5.41) is 11.7. The highest BCUT2D eigenvalue weighted by atomic mass is 19.1. The zero-order valence-corrected chi connectivity index (χ0v) is 14.7. The first kappa shape index (κ1) is 16.7. The van der Waals surface area contributed by atoms with E-state index in [1.165, 1.54) is 26.0 Å². The number of piperidine rings is 1. The second-order valence-electron chi connectivity index (χ2n) is 7.87. The quantitative estimate of drug-likeness (QED) is 0.925. The highest BCUT2D eigenvalue weighted by molar-refractivity contribution is 5.51. The fourth-order valence-corrected chi connectivity index (χ4v) is 4.48. The minimum Gasteiger partial charge on any atom is -0.493 e. The Morgan fingerprint density at radius 3 is 2.74 bits per heavy atom. The van der Waals surface area contributed by atoms with E-state index < -0.39 is 5.60 Å². The molecule has 3 nitrogen and oxygen atoms in total. The topological polar surface area (TPSA) is 32.7 Å². The number of fused-ring (bicyclic) bond motifs is 1. The van der Waals surface area contributed by atoms with Gasteiger partial charge >= 0.3 is 0 Å². The van der Waals surface area contributed by atoms with Crippen LogP contribution in [0.15, 0.2) is 12.1 Å². The van der Waals surface area contributed by atoms with Gasteiger partial charge in [-0.2, -0.15) is 0 Å². The molecule has 1 aliphatic carbocycles. The molecule has 3 rings (SSSR count). The lowest BCUT2D eigenvalue weighted by atomic mass is 9.71. The average Bonchev–Trinajstić information content (AvgIpc) is 2.69. The van der Waals surface area contributed by atoms with E-state index in [0.717, 1.165) is 24.9 Å². The number of hydrogen-bond donors (Lipinski definition) is 1. The van der Waals surface area contributed by atoms with Crippen LogP contribution >= 0.6 is 0 Å². The Hall–Kier alpha value is -1.13. The molecule has 0 spiro atoms. The Morgan fingerprint density at radius 1 is 1.35 bits per heavy atom. The number of likely N-dealkylation sites (tertiary alicyclic amines) is 1. The number of halogens is 1. The highest BCUT2D eigenvalue weighted by Crippen LogP contribution is 2.56. The van der Waals surface area contributed by atoms with E-state index in [2.05, 4.69) is 25.8 Å². The zero-order chi connectivity index (χ0) is 16.8. The third kappa shape index (κ3) is 2.56. The van der Waals surface area contributed by atoms with Crippen molar-refractivity contribution in [3.8, 4) is 5.75 Å². The van der Waals surface area contributed by atoms with E-state index in [-0.39, 0.29) is 17.0 Å². The summed E-state index contributed by atoms with van der Waals surface area (Å²) in [5.74, 6) is -0.173. The Kier molecular flexibility index (Phi) is 4.18. The average molecular weight is 321 g/mol. The van der Waals surface area contributed by atoms with E-state index in [9.17, 15) is 9.50 Å². The smallest absolute Gasteiger partial charge is 0.165 e. The van der Waals surface area contributed by atoms with E-state index in [1.807, 2.05) is 0 Å². The molecule has 2 aliphatic rings. The van der Waals surface area contributed by atoms with E-state index >= 15 is 0 Å². The Morgan fingerprint density at radius 2 is 2.09 bits per heavy atom. The molecule has 0 aromatic heterocycles. The lowest BCUT2D eigenvalue weighted by Gasteiger charge is -2.43. The van der Waals surface area contributed by atoms with Gasteiger partial charge in [-0.15, -0.1) is 0 Å². The summed E-state index contributed by atoms with van der Waals surface area (Å²) in [6.07, 6.45) is 4.86. The fraction of sp³-hybridized carbons (Fsp3) is 0.684. The van der Waals surface area contributed by atoms with Gasteiger partial charge in [0.05, 0.1) is 7.11 Å². The van der Waals surface area contributed by atoms with Crippen molar-refractivity contribution in [1.82, 2.24) is 4.90 Å². The lowest BCUT2D eigenvalue weighted by Crippen LogP contribution is -2.47. The van der Waals surface area contributed by atoms with Gasteiger partial charge in [-0.1, -0.05) is 26.3 Å². The van der Waals surface area contributed by atoms with Crippen LogP contribution in [0.4, 0.5) is 4.39 Å². The molecule has 1 aromatic rings. The van der Waals surface area contributed by atoms with Crippen molar-refractivity contribution < 1.29 is 14.2 Å². The van der Waals surface area contributed by atoms with E-state index in [1.54, 1.807) is 6.07 Å². The second kappa shape index (κ2) is 5.75. The molecule has 4 heteroatoms. The van der Waals surface area contributed by atoms with Crippen molar-refractivity contribution in [3.63, 3.8) is 0 Å². The first-order valence-corrected chi connectivity index (χ1v) is 8.58. The fourth-order valence-electron chi connectivity index (χ4n) is 4.48. The van der Waals surface area contributed by atoms with Crippen LogP contribution in [0.25, 0.3) is 0 Å². The van der Waals surface area contributed by atoms with Gasteiger partial charge in [-0.05, 0) is 50.9 Å². The van der Waals surface area contributed by atoms with Crippen LogP contribution in [0.5, 0.6) is 5.75 Å². The summed E-state index contributed by atoms with van der Waals surface area (Å²) in [7, 11) is 3.61. The van der Waals surface area contributed by atoms with Crippen molar-refractivity contribution in [1.29, 1.82) is 0 Å². The van der Waals surface area contributed by atoms with Gasteiger partial charge in [0.15, 0.2) is 11.6 Å². The predicted molar refractivity (Wildman–Crippen MR) is 89.2 cm³/mol. The number of ether oxygens (including phenoxy) is 1. The van der Waals surface area contributed by atoms with Crippen LogP contribution in [0.1, 0.15) is 50.7 Å². The highest BCUT2D eigenvalue weighted by Gasteiger charge is 2.54. The summed E-state index contributed by atoms with van der Waals surface area (Å²) >= 11 is 0. The normalized spacial score (nSPS) is 30.3. The van der Waals surface area contributed by atoms with Crippen molar-refractivity contribution >= 4 is 0 Å². The molecular formula is C19H28FNO2. The predicted octanol–water partition coefficient (Wildman–Crippen LogP) is 3.48. The van der Waals surface area contributed by atoms with Crippen LogP contribution in [0, 0.1) is 11.2 Å². The summed E-state index contributed by atoms with van der Waals surface area (Å²) in [6, 6.07) is 3.58. The maximum absolute atomic E-state index is 14.2. The van der Waals surface area contributed by atoms with Gasteiger partial charge in [-0.3, -0.25) is 0 Å². The molecule has 1 N–H and O–H groups in total. The van der Waals surface area contributed by atoms with Gasteiger partial charge in [0.25, 0.3) is 0 Å². The number of benzene rings is 1. The van der Waals surface area contributed by atoms with Gasteiger partial charge < -0.3 is 14.7 Å². The Balaban J connectivity index is 2.05. The molecule has 23 heavy (non-hydrogen) atoms. The van der Waals surface area contributed by atoms with Crippen LogP contribution in [-0.2, 0) is 12.0 Å². The molecule has 1 aliphatic heterocycles. The molecule has 0 saturated carbocycles. The molecule has 1 heterocycles. The number of hydrogen-bond acceptors (Lipinski definition) is 3. The number of aliphatic hydroxyl groups is 1. The van der Waals surface area contributed by atoms with E-state index in [0.29, 0.717) is 18.0 Å². The summed E-state index contributed by atoms with van der Waals surface area (Å²) in [6.45, 7) is 5.22. The monoisotopic (exact) mass is 321 g/mol. The minimum absolute atomic E-state index is 0.217. The molecule has 2 unspecified atom stereocenters. The van der Waals surface area contributed by atoms with Crippen LogP contribution in [-0.4, -0.2) is 36.8 Å². The third-order valence-corrected chi connectivity index (χ3v) is 6.02. The largest absolute Gasteiger partial charge is 0.493 e. The maximum atomic E-state index is 14.2. The molecule has 0 radical (unpaired) electrons. The Labute approximate surface area is 138 Å². The zero-order valence-electron chi connectivity index (χ0n) is 14.7. The van der Waals surface area contributed by atoms with Crippen molar-refractivity contribution in [3.05, 3.63) is 29.1 Å². The third-order valence-electron chi connectivity index (χ3n) is 6.02. The van der Waals surface area contributed by atoms with Crippen LogP contribution < -0.4 is 4.74 Å². The first-order valence-electron chi connectivity index (χ1n) is 8.58. The van der Waals surface area contributed by atoms with Gasteiger partial charge in [0, 0.05) is 17.0 Å². The molecular weight excluding hydrogens is 293 g/mol. The van der Waals surface area contributed by atoms with Gasteiger partial charge in [0.1, 0.15) is 5.60 Å². The molecule has 128 valence electrons. The standard InChI is InChI=1S/C19H28FNO2/c1-18(2)11-13-8-9-15(20)17(23-4)16(13)19(18,22)12-14-7-5-6-10-21(14)3/h8-9,14,22H,5-7,10-12H2,1-4H3. The molecule has 2 atom stereocenters. The molecule has 1 fully saturated rings. The lowest BCUT2D eigenvalue weighted by molar-refractivity contribution is -0.0862. The maximum Gasteiger partial charge on any atom is 0.165 e. The second-order valence-corrected chi connectivity index (χ2v) is 7.87. The SMILES string of the molecule is COc1c(F)ccc2c1C(O)(CC1CCCCN1C)C(C)(C)C2. The van der Waals surface area contributed by atoms with E-state index in [4.69, 9.17) is 4.74 Å². The van der Waals surface area contributed by atoms with Gasteiger partial charge in [0.2, 0.25) is 0 Å². The molecule has 1 saturated heterocycles. The number of nitrogens with zero attached hydrogens (tertiary/aromatic N) is 1. The summed E-state index contributed by atoms with van der Waals surface area (Å²) in [5.41, 5.74) is 0.277. The van der Waals surface area contributed by atoms with Crippen molar-refractivity contribution in [2.45, 2.75) is 57.6 Å². The minimum atomic E-state index is -1.06.